The number of anilines is 1. The van der Waals surface area contributed by atoms with Crippen LogP contribution in [0.15, 0.2) is 42.6 Å². The minimum atomic E-state index is 0.0433. The van der Waals surface area contributed by atoms with E-state index in [4.69, 9.17) is 0 Å². The van der Waals surface area contributed by atoms with Crippen LogP contribution < -0.4 is 5.32 Å². The summed E-state index contributed by atoms with van der Waals surface area (Å²) in [6.45, 7) is 2.06. The van der Waals surface area contributed by atoms with Crippen LogP contribution in [0.5, 0.6) is 0 Å². The van der Waals surface area contributed by atoms with Gasteiger partial charge in [-0.2, -0.15) is 0 Å². The smallest absolute Gasteiger partial charge is 0.318 e. The molecule has 2 aliphatic rings. The van der Waals surface area contributed by atoms with Crippen molar-refractivity contribution in [2.24, 2.45) is 0 Å². The van der Waals surface area contributed by atoms with Gasteiger partial charge in [-0.1, -0.05) is 12.1 Å². The van der Waals surface area contributed by atoms with Crippen LogP contribution in [-0.2, 0) is 0 Å². The molecule has 23 heavy (non-hydrogen) atoms. The highest BCUT2D eigenvalue weighted by atomic mass is 16.2. The number of hydrogen-bond acceptors (Lipinski definition) is 2. The van der Waals surface area contributed by atoms with E-state index in [-0.39, 0.29) is 6.03 Å². The minimum absolute atomic E-state index is 0.0433. The molecule has 2 aromatic rings. The highest BCUT2D eigenvalue weighted by molar-refractivity contribution is 5.91. The lowest BCUT2D eigenvalue weighted by Crippen LogP contribution is -2.62. The summed E-state index contributed by atoms with van der Waals surface area (Å²) in [4.78, 5) is 19.0. The molecule has 2 bridgehead atoms. The van der Waals surface area contributed by atoms with Gasteiger partial charge in [-0.3, -0.25) is 4.98 Å². The number of nitrogens with zero attached hydrogens (tertiary/aromatic N) is 2. The molecule has 4 heteroatoms. The predicted molar refractivity (Wildman–Crippen MR) is 91.3 cm³/mol. The lowest BCUT2D eigenvalue weighted by Gasteiger charge is -2.52. The Kier molecular flexibility index (Phi) is 3.52. The number of aryl methyl sites for hydroxylation is 1. The average molecular weight is 307 g/mol. The fourth-order valence-electron chi connectivity index (χ4n) is 3.82. The van der Waals surface area contributed by atoms with Gasteiger partial charge in [0.1, 0.15) is 0 Å². The predicted octanol–water partition coefficient (Wildman–Crippen LogP) is 4.22. The molecule has 118 valence electrons. The van der Waals surface area contributed by atoms with E-state index in [1.165, 1.54) is 12.8 Å². The van der Waals surface area contributed by atoms with Crippen LogP contribution in [0, 0.1) is 6.92 Å². The number of amides is 2. The molecule has 0 radical (unpaired) electrons. The number of hydrogen-bond donors (Lipinski definition) is 1. The van der Waals surface area contributed by atoms with E-state index in [1.54, 1.807) is 6.20 Å². The SMILES string of the molecule is Cc1ccc(NC(=O)N2C3CCC[C@@H]2C3)cc1-c1ccccn1. The van der Waals surface area contributed by atoms with Gasteiger partial charge in [0, 0.05) is 29.5 Å². The first kappa shape index (κ1) is 14.2. The van der Waals surface area contributed by atoms with E-state index < -0.39 is 0 Å². The summed E-state index contributed by atoms with van der Waals surface area (Å²) in [5.74, 6) is 0. The zero-order valence-corrected chi connectivity index (χ0v) is 13.3. The van der Waals surface area contributed by atoms with Gasteiger partial charge < -0.3 is 10.2 Å². The van der Waals surface area contributed by atoms with Gasteiger partial charge in [0.15, 0.2) is 0 Å². The quantitative estimate of drug-likeness (QED) is 0.903. The van der Waals surface area contributed by atoms with Gasteiger partial charge in [-0.25, -0.2) is 4.79 Å². The Labute approximate surface area is 136 Å². The zero-order chi connectivity index (χ0) is 15.8. The Bertz CT molecular complexity index is 715. The van der Waals surface area contributed by atoms with Crippen molar-refractivity contribution in [2.75, 3.05) is 5.32 Å². The van der Waals surface area contributed by atoms with Crippen LogP contribution in [0.3, 0.4) is 0 Å². The maximum Gasteiger partial charge on any atom is 0.322 e. The molecule has 1 aromatic heterocycles. The van der Waals surface area contributed by atoms with Gasteiger partial charge in [-0.05, 0) is 62.4 Å². The zero-order valence-electron chi connectivity index (χ0n) is 13.3. The number of benzene rings is 1. The highest BCUT2D eigenvalue weighted by Gasteiger charge is 2.44. The molecular weight excluding hydrogens is 286 g/mol. The number of pyridine rings is 1. The Morgan fingerprint density at radius 1 is 1.22 bits per heavy atom. The van der Waals surface area contributed by atoms with Crippen LogP contribution in [-0.4, -0.2) is 28.0 Å². The van der Waals surface area contributed by atoms with Crippen LogP contribution in [0.2, 0.25) is 0 Å². The third kappa shape index (κ3) is 2.58. The van der Waals surface area contributed by atoms with Crippen LogP contribution >= 0.6 is 0 Å². The molecule has 1 unspecified atom stereocenters. The number of carbonyl (C=O) groups excluding carboxylic acids is 1. The molecule has 2 amide bonds. The molecule has 0 aliphatic carbocycles. The van der Waals surface area contributed by atoms with Crippen LogP contribution in [0.1, 0.15) is 31.2 Å². The third-order valence-electron chi connectivity index (χ3n) is 5.07. The maximum absolute atomic E-state index is 12.5. The monoisotopic (exact) mass is 307 g/mol. The van der Waals surface area contributed by atoms with E-state index in [9.17, 15) is 4.79 Å². The molecule has 2 atom stereocenters. The maximum atomic E-state index is 12.5. The Hall–Kier alpha value is -2.36. The summed E-state index contributed by atoms with van der Waals surface area (Å²) in [5, 5.41) is 3.07. The number of rotatable bonds is 2. The molecule has 1 N–H and O–H groups in total. The lowest BCUT2D eigenvalue weighted by molar-refractivity contribution is 0.0173. The van der Waals surface area contributed by atoms with Gasteiger partial charge in [0.25, 0.3) is 0 Å². The molecule has 3 heterocycles. The van der Waals surface area contributed by atoms with Crippen LogP contribution in [0.4, 0.5) is 10.5 Å². The first-order valence-electron chi connectivity index (χ1n) is 8.34. The van der Waals surface area contributed by atoms with Crippen molar-refractivity contribution < 1.29 is 4.79 Å². The van der Waals surface area contributed by atoms with Crippen molar-refractivity contribution >= 4 is 11.7 Å². The number of carbonyl (C=O) groups is 1. The van der Waals surface area contributed by atoms with E-state index in [1.807, 2.05) is 41.3 Å². The second kappa shape index (κ2) is 5.69. The van der Waals surface area contributed by atoms with Crippen molar-refractivity contribution in [3.05, 3.63) is 48.2 Å². The number of aromatic nitrogens is 1. The Morgan fingerprint density at radius 2 is 2.04 bits per heavy atom. The van der Waals surface area contributed by atoms with Crippen molar-refractivity contribution in [3.63, 3.8) is 0 Å². The summed E-state index contributed by atoms with van der Waals surface area (Å²) >= 11 is 0. The molecule has 0 spiro atoms. The molecule has 0 saturated carbocycles. The number of urea groups is 1. The number of nitrogens with one attached hydrogen (secondary N) is 1. The second-order valence-corrected chi connectivity index (χ2v) is 6.56. The summed E-state index contributed by atoms with van der Waals surface area (Å²) < 4.78 is 0. The third-order valence-corrected chi connectivity index (χ3v) is 5.07. The van der Waals surface area contributed by atoms with Crippen molar-refractivity contribution in [1.82, 2.24) is 9.88 Å². The standard InChI is InChI=1S/C19H21N3O/c1-13-8-9-14(11-17(13)18-7-2-3-10-20-18)21-19(23)22-15-5-4-6-16(22)12-15/h2-3,7-11,15-16H,4-6,12H2,1H3,(H,21,23)/t15-,16?/m1/s1. The van der Waals surface area contributed by atoms with Gasteiger partial charge >= 0.3 is 6.03 Å². The lowest BCUT2D eigenvalue weighted by atomic mass is 9.80. The fourth-order valence-corrected chi connectivity index (χ4v) is 3.82. The van der Waals surface area contributed by atoms with Crippen molar-refractivity contribution in [3.8, 4) is 11.3 Å². The average Bonchev–Trinajstić information content (AvgIpc) is 2.58. The number of fused-ring (bicyclic) bond motifs is 2. The van der Waals surface area contributed by atoms with E-state index >= 15 is 0 Å². The minimum Gasteiger partial charge on any atom is -0.318 e. The molecule has 2 aliphatic heterocycles. The molecule has 2 saturated heterocycles. The normalized spacial score (nSPS) is 22.4. The van der Waals surface area contributed by atoms with E-state index in [0.29, 0.717) is 12.1 Å². The first-order chi connectivity index (χ1) is 11.2. The molecule has 4 rings (SSSR count). The van der Waals surface area contributed by atoms with E-state index in [0.717, 1.165) is 35.3 Å². The topological polar surface area (TPSA) is 45.2 Å². The summed E-state index contributed by atoms with van der Waals surface area (Å²) in [6.07, 6.45) is 6.53. The molecule has 2 fully saturated rings. The second-order valence-electron chi connectivity index (χ2n) is 6.56. The van der Waals surface area contributed by atoms with Gasteiger partial charge in [0.05, 0.1) is 5.69 Å². The van der Waals surface area contributed by atoms with Crippen molar-refractivity contribution in [1.29, 1.82) is 0 Å². The fraction of sp³-hybridized carbons (Fsp3) is 0.368. The van der Waals surface area contributed by atoms with Crippen LogP contribution in [0.25, 0.3) is 11.3 Å². The molecular formula is C19H21N3O. The van der Waals surface area contributed by atoms with Crippen molar-refractivity contribution in [2.45, 2.75) is 44.7 Å². The Morgan fingerprint density at radius 3 is 2.74 bits per heavy atom. The molecule has 4 nitrogen and oxygen atoms in total. The van der Waals surface area contributed by atoms with Gasteiger partial charge in [-0.15, -0.1) is 0 Å². The van der Waals surface area contributed by atoms with E-state index in [2.05, 4.69) is 17.2 Å². The Balaban J connectivity index is 1.55. The summed E-state index contributed by atoms with van der Waals surface area (Å²) in [5.41, 5.74) is 3.99. The highest BCUT2D eigenvalue weighted by Crippen LogP contribution is 2.38. The summed E-state index contributed by atoms with van der Waals surface area (Å²) in [6, 6.07) is 12.9. The first-order valence-corrected chi connectivity index (χ1v) is 8.34. The largest absolute Gasteiger partial charge is 0.322 e. The van der Waals surface area contributed by atoms with Gasteiger partial charge in [0.2, 0.25) is 0 Å². The molecule has 1 aromatic carbocycles. The summed E-state index contributed by atoms with van der Waals surface area (Å²) in [7, 11) is 0. The number of piperidine rings is 1.